The molecule has 1 aliphatic rings. The van der Waals surface area contributed by atoms with Gasteiger partial charge in [-0.1, -0.05) is 0 Å². The quantitative estimate of drug-likeness (QED) is 0.759. The molecule has 1 N–H and O–H groups in total. The first-order valence-corrected chi connectivity index (χ1v) is 4.34. The van der Waals surface area contributed by atoms with Gasteiger partial charge in [0.25, 0.3) is 0 Å². The molecule has 14 heavy (non-hydrogen) atoms. The number of ether oxygens (including phenoxy) is 1. The van der Waals surface area contributed by atoms with Gasteiger partial charge in [-0.3, -0.25) is 0 Å². The summed E-state index contributed by atoms with van der Waals surface area (Å²) in [6.07, 6.45) is -5.36. The number of carbonyl (C=O) groups excluding carboxylic acids is 1. The second-order valence-electron chi connectivity index (χ2n) is 3.59. The summed E-state index contributed by atoms with van der Waals surface area (Å²) < 4.78 is 40.7. The lowest BCUT2D eigenvalue weighted by Crippen LogP contribution is -2.31. The van der Waals surface area contributed by atoms with Crippen LogP contribution in [0.2, 0.25) is 0 Å². The zero-order chi connectivity index (χ0) is 10.9. The highest BCUT2D eigenvalue weighted by molar-refractivity contribution is 5.68. The van der Waals surface area contributed by atoms with Crippen molar-refractivity contribution in [2.24, 2.45) is 5.92 Å². The van der Waals surface area contributed by atoms with E-state index in [4.69, 9.17) is 0 Å². The van der Waals surface area contributed by atoms with Crippen LogP contribution in [-0.2, 0) is 4.74 Å². The van der Waals surface area contributed by atoms with Crippen LogP contribution in [-0.4, -0.2) is 24.4 Å². The van der Waals surface area contributed by atoms with E-state index in [0.29, 0.717) is 0 Å². The van der Waals surface area contributed by atoms with Gasteiger partial charge in [-0.25, -0.2) is 4.79 Å². The van der Waals surface area contributed by atoms with Crippen molar-refractivity contribution in [3.63, 3.8) is 0 Å². The molecule has 2 atom stereocenters. The van der Waals surface area contributed by atoms with E-state index in [1.54, 1.807) is 13.8 Å². The van der Waals surface area contributed by atoms with Gasteiger partial charge in [-0.15, -0.1) is 0 Å². The molecule has 0 heterocycles. The van der Waals surface area contributed by atoms with Crippen LogP contribution < -0.4 is 5.32 Å². The van der Waals surface area contributed by atoms with Crippen molar-refractivity contribution in [1.82, 2.24) is 5.32 Å². The fourth-order valence-electron chi connectivity index (χ4n) is 1.12. The van der Waals surface area contributed by atoms with E-state index in [1.807, 2.05) is 0 Å². The molecular weight excluding hydrogens is 199 g/mol. The molecule has 0 radical (unpaired) electrons. The van der Waals surface area contributed by atoms with E-state index in [1.165, 1.54) is 0 Å². The summed E-state index contributed by atoms with van der Waals surface area (Å²) in [6.45, 7) is 3.27. The van der Waals surface area contributed by atoms with Crippen molar-refractivity contribution in [2.75, 3.05) is 0 Å². The predicted molar refractivity (Wildman–Crippen MR) is 42.7 cm³/mol. The molecule has 0 aliphatic heterocycles. The molecule has 1 saturated carbocycles. The minimum Gasteiger partial charge on any atom is -0.447 e. The maximum absolute atomic E-state index is 12.0. The standard InChI is InChI=1S/C8H12F3NO2/c1-4(2)14-7(13)12-6-3-5(6)8(9,10)11/h4-6H,3H2,1-2H3,(H,12,13)/t5-,6-/m1/s1. The lowest BCUT2D eigenvalue weighted by atomic mass is 10.4. The van der Waals surface area contributed by atoms with Gasteiger partial charge in [-0.2, -0.15) is 13.2 Å². The molecule has 0 aromatic carbocycles. The number of carbonyl (C=O) groups is 1. The minimum atomic E-state index is -4.21. The molecule has 1 aliphatic carbocycles. The second-order valence-corrected chi connectivity index (χ2v) is 3.59. The zero-order valence-corrected chi connectivity index (χ0v) is 7.89. The van der Waals surface area contributed by atoms with Crippen LogP contribution in [0.4, 0.5) is 18.0 Å². The van der Waals surface area contributed by atoms with Crippen LogP contribution in [0.15, 0.2) is 0 Å². The number of rotatable bonds is 2. The monoisotopic (exact) mass is 211 g/mol. The number of hydrogen-bond acceptors (Lipinski definition) is 2. The third kappa shape index (κ3) is 3.08. The van der Waals surface area contributed by atoms with Crippen LogP contribution >= 0.6 is 0 Å². The molecule has 0 saturated heterocycles. The van der Waals surface area contributed by atoms with E-state index in [0.717, 1.165) is 0 Å². The lowest BCUT2D eigenvalue weighted by Gasteiger charge is -2.09. The zero-order valence-electron chi connectivity index (χ0n) is 7.89. The van der Waals surface area contributed by atoms with Crippen molar-refractivity contribution in [1.29, 1.82) is 0 Å². The predicted octanol–water partition coefficient (Wildman–Crippen LogP) is 2.07. The third-order valence-electron chi connectivity index (χ3n) is 1.86. The lowest BCUT2D eigenvalue weighted by molar-refractivity contribution is -0.148. The Morgan fingerprint density at radius 2 is 2.07 bits per heavy atom. The Hall–Kier alpha value is -0.940. The first-order valence-electron chi connectivity index (χ1n) is 4.34. The van der Waals surface area contributed by atoms with Crippen molar-refractivity contribution in [3.8, 4) is 0 Å². The number of nitrogens with one attached hydrogen (secondary N) is 1. The highest BCUT2D eigenvalue weighted by Gasteiger charge is 2.56. The topological polar surface area (TPSA) is 38.3 Å². The highest BCUT2D eigenvalue weighted by atomic mass is 19.4. The Morgan fingerprint density at radius 3 is 2.43 bits per heavy atom. The van der Waals surface area contributed by atoms with Gasteiger partial charge in [0.05, 0.1) is 12.0 Å². The Balaban J connectivity index is 2.26. The minimum absolute atomic E-state index is 0.0449. The Kier molecular flexibility index (Phi) is 2.92. The molecule has 82 valence electrons. The summed E-state index contributed by atoms with van der Waals surface area (Å²) in [7, 11) is 0. The molecule has 0 aromatic rings. The fraction of sp³-hybridized carbons (Fsp3) is 0.875. The average Bonchev–Trinajstić information content (AvgIpc) is 2.62. The fourth-order valence-corrected chi connectivity index (χ4v) is 1.12. The SMILES string of the molecule is CC(C)OC(=O)N[C@@H]1C[C@H]1C(F)(F)F. The molecule has 1 fully saturated rings. The normalized spacial score (nSPS) is 26.1. The van der Waals surface area contributed by atoms with E-state index < -0.39 is 24.2 Å². The Labute approximate surface area is 79.6 Å². The van der Waals surface area contributed by atoms with Crippen LogP contribution in [0, 0.1) is 5.92 Å². The first-order chi connectivity index (χ1) is 6.30. The molecule has 3 nitrogen and oxygen atoms in total. The van der Waals surface area contributed by atoms with Crippen molar-refractivity contribution >= 4 is 6.09 Å². The van der Waals surface area contributed by atoms with E-state index in [9.17, 15) is 18.0 Å². The molecule has 1 amide bonds. The number of halogens is 3. The largest absolute Gasteiger partial charge is 0.447 e. The van der Waals surface area contributed by atoms with E-state index >= 15 is 0 Å². The summed E-state index contributed by atoms with van der Waals surface area (Å²) >= 11 is 0. The van der Waals surface area contributed by atoms with E-state index in [-0.39, 0.29) is 12.5 Å². The molecular formula is C8H12F3NO2. The van der Waals surface area contributed by atoms with Gasteiger partial charge in [0.2, 0.25) is 0 Å². The maximum atomic E-state index is 12.0. The summed E-state index contributed by atoms with van der Waals surface area (Å²) in [6, 6.07) is -0.804. The average molecular weight is 211 g/mol. The van der Waals surface area contributed by atoms with Crippen LogP contribution in [0.25, 0.3) is 0 Å². The summed E-state index contributed by atoms with van der Waals surface area (Å²) in [4.78, 5) is 10.9. The Morgan fingerprint density at radius 1 is 1.50 bits per heavy atom. The summed E-state index contributed by atoms with van der Waals surface area (Å²) in [5.74, 6) is -1.40. The van der Waals surface area contributed by atoms with Crippen LogP contribution in [0.5, 0.6) is 0 Å². The van der Waals surface area contributed by atoms with Gasteiger partial charge >= 0.3 is 12.3 Å². The number of alkyl carbamates (subject to hydrolysis) is 1. The van der Waals surface area contributed by atoms with Crippen LogP contribution in [0.3, 0.4) is 0 Å². The van der Waals surface area contributed by atoms with Gasteiger partial charge in [0, 0.05) is 6.04 Å². The van der Waals surface area contributed by atoms with Crippen molar-refractivity contribution in [2.45, 2.75) is 38.6 Å². The molecule has 0 bridgehead atoms. The summed E-state index contributed by atoms with van der Waals surface area (Å²) in [5, 5.41) is 2.16. The second kappa shape index (κ2) is 3.67. The molecule has 0 spiro atoms. The first kappa shape index (κ1) is 11.1. The number of hydrogen-bond donors (Lipinski definition) is 1. The smallest absolute Gasteiger partial charge is 0.407 e. The van der Waals surface area contributed by atoms with Gasteiger partial charge in [0.1, 0.15) is 0 Å². The number of alkyl halides is 3. The maximum Gasteiger partial charge on any atom is 0.407 e. The highest BCUT2D eigenvalue weighted by Crippen LogP contribution is 2.44. The van der Waals surface area contributed by atoms with E-state index in [2.05, 4.69) is 10.1 Å². The van der Waals surface area contributed by atoms with Gasteiger partial charge < -0.3 is 10.1 Å². The van der Waals surface area contributed by atoms with Crippen molar-refractivity contribution in [3.05, 3.63) is 0 Å². The Bertz CT molecular complexity index is 227. The van der Waals surface area contributed by atoms with Gasteiger partial charge in [0.15, 0.2) is 0 Å². The number of amides is 1. The molecule has 0 aromatic heterocycles. The molecule has 0 unspecified atom stereocenters. The summed E-state index contributed by atoms with van der Waals surface area (Å²) in [5.41, 5.74) is 0. The van der Waals surface area contributed by atoms with Crippen molar-refractivity contribution < 1.29 is 22.7 Å². The molecule has 1 rings (SSSR count). The molecule has 6 heteroatoms. The van der Waals surface area contributed by atoms with Gasteiger partial charge in [-0.05, 0) is 20.3 Å². The third-order valence-corrected chi connectivity index (χ3v) is 1.86. The van der Waals surface area contributed by atoms with Crippen LogP contribution in [0.1, 0.15) is 20.3 Å².